The fourth-order valence-corrected chi connectivity index (χ4v) is 3.39. The van der Waals surface area contributed by atoms with Crippen molar-refractivity contribution < 1.29 is 14.4 Å². The van der Waals surface area contributed by atoms with E-state index in [0.717, 1.165) is 10.5 Å². The first kappa shape index (κ1) is 16.7. The predicted octanol–water partition coefficient (Wildman–Crippen LogP) is 2.30. The molecule has 3 atom stereocenters. The lowest BCUT2D eigenvalue weighted by Gasteiger charge is -2.22. The Hall–Kier alpha value is -2.14. The van der Waals surface area contributed by atoms with Crippen LogP contribution in [0.5, 0.6) is 0 Å². The summed E-state index contributed by atoms with van der Waals surface area (Å²) >= 11 is 5.83. The average molecular weight is 347 g/mol. The first-order valence-corrected chi connectivity index (χ1v) is 8.41. The Morgan fingerprint density at radius 1 is 1.17 bits per heavy atom. The smallest absolute Gasteiger partial charge is 0.243 e. The van der Waals surface area contributed by atoms with E-state index in [1.807, 2.05) is 24.3 Å². The fourth-order valence-electron chi connectivity index (χ4n) is 3.26. The Bertz CT molecular complexity index is 673. The normalized spacial score (nSPS) is 24.0. The van der Waals surface area contributed by atoms with Crippen LogP contribution in [0.1, 0.15) is 25.3 Å². The van der Waals surface area contributed by atoms with Gasteiger partial charge in [-0.3, -0.25) is 19.3 Å². The number of carbonyl (C=O) groups is 3. The molecule has 1 fully saturated rings. The van der Waals surface area contributed by atoms with Crippen LogP contribution in [0.4, 0.5) is 0 Å². The molecule has 0 spiro atoms. The van der Waals surface area contributed by atoms with Crippen LogP contribution in [-0.2, 0) is 20.9 Å². The van der Waals surface area contributed by atoms with Crippen molar-refractivity contribution in [2.75, 3.05) is 0 Å². The number of amides is 3. The number of nitrogens with one attached hydrogen (secondary N) is 1. The summed E-state index contributed by atoms with van der Waals surface area (Å²) in [6.07, 6.45) is 5.01. The molecular weight excluding hydrogens is 328 g/mol. The summed E-state index contributed by atoms with van der Waals surface area (Å²) in [6.45, 7) is 1.92. The van der Waals surface area contributed by atoms with E-state index >= 15 is 0 Å². The van der Waals surface area contributed by atoms with Gasteiger partial charge in [0.2, 0.25) is 17.7 Å². The molecule has 2 unspecified atom stereocenters. The standard InChI is InChI=1S/C18H19ClN2O3/c1-11(16(22)20-10-12-6-8-13(19)9-7-12)21-17(23)14-4-2-3-5-15(14)18(21)24/h2-3,6-9,11,14-15H,4-5,10H2,1H3,(H,20,22)/t11-,14?,15?/m0/s1. The molecule has 1 aromatic carbocycles. The van der Waals surface area contributed by atoms with Crippen molar-refractivity contribution in [2.24, 2.45) is 11.8 Å². The number of halogens is 1. The number of hydrogen-bond donors (Lipinski definition) is 1. The zero-order chi connectivity index (χ0) is 17.3. The number of hydrogen-bond acceptors (Lipinski definition) is 3. The molecule has 1 aliphatic carbocycles. The number of carbonyl (C=O) groups excluding carboxylic acids is 3. The quantitative estimate of drug-likeness (QED) is 0.672. The van der Waals surface area contributed by atoms with Crippen LogP contribution in [0.3, 0.4) is 0 Å². The van der Waals surface area contributed by atoms with Crippen LogP contribution in [0.2, 0.25) is 5.02 Å². The van der Waals surface area contributed by atoms with Gasteiger partial charge in [-0.05, 0) is 37.5 Å². The van der Waals surface area contributed by atoms with E-state index in [2.05, 4.69) is 5.32 Å². The highest BCUT2D eigenvalue weighted by molar-refractivity contribution is 6.30. The van der Waals surface area contributed by atoms with E-state index in [9.17, 15) is 14.4 Å². The molecule has 1 heterocycles. The minimum Gasteiger partial charge on any atom is -0.350 e. The Kier molecular flexibility index (Phi) is 4.71. The summed E-state index contributed by atoms with van der Waals surface area (Å²) in [4.78, 5) is 38.5. The highest BCUT2D eigenvalue weighted by Gasteiger charge is 2.49. The van der Waals surface area contributed by atoms with Crippen LogP contribution < -0.4 is 5.32 Å². The number of imide groups is 1. The van der Waals surface area contributed by atoms with Crippen molar-refractivity contribution in [1.29, 1.82) is 0 Å². The summed E-state index contributed by atoms with van der Waals surface area (Å²) in [5, 5.41) is 3.40. The van der Waals surface area contributed by atoms with Gasteiger partial charge in [0.25, 0.3) is 0 Å². The minimum absolute atomic E-state index is 0.233. The van der Waals surface area contributed by atoms with Gasteiger partial charge in [0.1, 0.15) is 6.04 Å². The number of fused-ring (bicyclic) bond motifs is 1. The molecule has 0 saturated carbocycles. The van der Waals surface area contributed by atoms with E-state index in [1.54, 1.807) is 19.1 Å². The SMILES string of the molecule is C[C@@H](C(=O)NCc1ccc(Cl)cc1)N1C(=O)C2CC=CCC2C1=O. The highest BCUT2D eigenvalue weighted by Crippen LogP contribution is 2.36. The summed E-state index contributed by atoms with van der Waals surface area (Å²) in [7, 11) is 0. The van der Waals surface area contributed by atoms with Gasteiger partial charge < -0.3 is 5.32 Å². The zero-order valence-corrected chi connectivity index (χ0v) is 14.1. The van der Waals surface area contributed by atoms with Crippen molar-refractivity contribution in [3.63, 3.8) is 0 Å². The fraction of sp³-hybridized carbons (Fsp3) is 0.389. The maximum absolute atomic E-state index is 12.5. The van der Waals surface area contributed by atoms with Crippen molar-refractivity contribution >= 4 is 29.3 Å². The van der Waals surface area contributed by atoms with Crippen LogP contribution in [0.25, 0.3) is 0 Å². The van der Waals surface area contributed by atoms with Gasteiger partial charge in [0.05, 0.1) is 11.8 Å². The van der Waals surface area contributed by atoms with Gasteiger partial charge in [-0.15, -0.1) is 0 Å². The Morgan fingerprint density at radius 2 is 1.71 bits per heavy atom. The summed E-state index contributed by atoms with van der Waals surface area (Å²) < 4.78 is 0. The van der Waals surface area contributed by atoms with Gasteiger partial charge in [-0.1, -0.05) is 35.9 Å². The summed E-state index contributed by atoms with van der Waals surface area (Å²) in [5.74, 6) is -1.42. The maximum atomic E-state index is 12.5. The van der Waals surface area contributed by atoms with Gasteiger partial charge in [0.15, 0.2) is 0 Å². The summed E-state index contributed by atoms with van der Waals surface area (Å²) in [6, 6.07) is 6.33. The zero-order valence-electron chi connectivity index (χ0n) is 13.4. The number of likely N-dealkylation sites (tertiary alicyclic amines) is 1. The van der Waals surface area contributed by atoms with Gasteiger partial charge in [0, 0.05) is 11.6 Å². The van der Waals surface area contributed by atoms with Gasteiger partial charge >= 0.3 is 0 Å². The maximum Gasteiger partial charge on any atom is 0.243 e. The van der Waals surface area contributed by atoms with Gasteiger partial charge in [-0.2, -0.15) is 0 Å². The first-order chi connectivity index (χ1) is 11.5. The number of rotatable bonds is 4. The monoisotopic (exact) mass is 346 g/mol. The second kappa shape index (κ2) is 6.77. The first-order valence-electron chi connectivity index (χ1n) is 8.03. The second-order valence-electron chi connectivity index (χ2n) is 6.22. The van der Waals surface area contributed by atoms with Crippen molar-refractivity contribution in [2.45, 2.75) is 32.4 Å². The molecule has 3 rings (SSSR count). The molecule has 6 heteroatoms. The van der Waals surface area contributed by atoms with Crippen molar-refractivity contribution in [3.05, 3.63) is 47.0 Å². The predicted molar refractivity (Wildman–Crippen MR) is 90.0 cm³/mol. The molecule has 24 heavy (non-hydrogen) atoms. The second-order valence-corrected chi connectivity index (χ2v) is 6.66. The van der Waals surface area contributed by atoms with E-state index in [4.69, 9.17) is 11.6 Å². The molecular formula is C18H19ClN2O3. The van der Waals surface area contributed by atoms with Gasteiger partial charge in [-0.25, -0.2) is 0 Å². The Labute approximate surface area is 145 Å². The molecule has 2 aliphatic rings. The molecule has 3 amide bonds. The van der Waals surface area contributed by atoms with E-state index in [-0.39, 0.29) is 29.6 Å². The molecule has 1 aromatic rings. The largest absolute Gasteiger partial charge is 0.350 e. The lowest BCUT2D eigenvalue weighted by Crippen LogP contribution is -2.48. The van der Waals surface area contributed by atoms with Crippen LogP contribution in [0.15, 0.2) is 36.4 Å². The van der Waals surface area contributed by atoms with Crippen LogP contribution >= 0.6 is 11.6 Å². The number of benzene rings is 1. The van der Waals surface area contributed by atoms with Crippen molar-refractivity contribution in [1.82, 2.24) is 10.2 Å². The highest BCUT2D eigenvalue weighted by atomic mass is 35.5. The van der Waals surface area contributed by atoms with Crippen molar-refractivity contribution in [3.8, 4) is 0 Å². The third kappa shape index (κ3) is 3.08. The molecule has 126 valence electrons. The van der Waals surface area contributed by atoms with E-state index in [1.165, 1.54) is 0 Å². The average Bonchev–Trinajstić information content (AvgIpc) is 2.85. The lowest BCUT2D eigenvalue weighted by atomic mass is 9.85. The molecule has 1 N–H and O–H groups in total. The van der Waals surface area contributed by atoms with E-state index < -0.39 is 6.04 Å². The van der Waals surface area contributed by atoms with E-state index in [0.29, 0.717) is 24.4 Å². The third-order valence-corrected chi connectivity index (χ3v) is 4.94. The minimum atomic E-state index is -0.803. The number of allylic oxidation sites excluding steroid dienone is 2. The lowest BCUT2D eigenvalue weighted by molar-refractivity contribution is -0.147. The third-order valence-electron chi connectivity index (χ3n) is 4.69. The Balaban J connectivity index is 1.64. The van der Waals surface area contributed by atoms with Crippen LogP contribution in [0, 0.1) is 11.8 Å². The molecule has 0 radical (unpaired) electrons. The molecule has 1 aliphatic heterocycles. The Morgan fingerprint density at radius 3 is 2.25 bits per heavy atom. The summed E-state index contributed by atoms with van der Waals surface area (Å²) in [5.41, 5.74) is 0.900. The molecule has 5 nitrogen and oxygen atoms in total. The topological polar surface area (TPSA) is 66.5 Å². The molecule has 0 aromatic heterocycles. The van der Waals surface area contributed by atoms with Crippen LogP contribution in [-0.4, -0.2) is 28.7 Å². The molecule has 0 bridgehead atoms. The number of nitrogens with zero attached hydrogens (tertiary/aromatic N) is 1. The molecule has 1 saturated heterocycles.